The van der Waals surface area contributed by atoms with Gasteiger partial charge in [-0.05, 0) is 35.3 Å². The molecule has 3 nitrogen and oxygen atoms in total. The molecular formula is C20H20Cl2O3. The third-order valence-corrected chi connectivity index (χ3v) is 4.51. The Bertz CT molecular complexity index is 755. The second-order valence-corrected chi connectivity index (χ2v) is 6.37. The van der Waals surface area contributed by atoms with Crippen molar-refractivity contribution in [2.24, 2.45) is 0 Å². The average molecular weight is 379 g/mol. The Hall–Kier alpha value is -1.97. The molecule has 0 radical (unpaired) electrons. The summed E-state index contributed by atoms with van der Waals surface area (Å²) in [4.78, 5) is 11.0. The molecule has 0 spiro atoms. The Morgan fingerprint density at radius 1 is 1.04 bits per heavy atom. The van der Waals surface area contributed by atoms with E-state index in [-0.39, 0.29) is 6.42 Å². The van der Waals surface area contributed by atoms with E-state index in [1.807, 2.05) is 43.3 Å². The van der Waals surface area contributed by atoms with Crippen molar-refractivity contribution in [1.82, 2.24) is 0 Å². The molecule has 0 aliphatic rings. The van der Waals surface area contributed by atoms with Crippen LogP contribution in [0.15, 0.2) is 54.3 Å². The van der Waals surface area contributed by atoms with Crippen LogP contribution < -0.4 is 0 Å². The van der Waals surface area contributed by atoms with E-state index in [4.69, 9.17) is 33.0 Å². The number of aliphatic carboxylic acids is 1. The van der Waals surface area contributed by atoms with Gasteiger partial charge in [0.1, 0.15) is 6.61 Å². The zero-order valence-corrected chi connectivity index (χ0v) is 15.5. The lowest BCUT2D eigenvalue weighted by Crippen LogP contribution is -2.02. The summed E-state index contributed by atoms with van der Waals surface area (Å²) in [6, 6.07) is 15.2. The average Bonchev–Trinajstić information content (AvgIpc) is 2.61. The molecule has 2 aromatic carbocycles. The lowest BCUT2D eigenvalue weighted by Gasteiger charge is -2.16. The summed E-state index contributed by atoms with van der Waals surface area (Å²) in [5.41, 5.74) is 2.74. The van der Waals surface area contributed by atoms with Crippen LogP contribution in [0.2, 0.25) is 10.0 Å². The predicted octanol–water partition coefficient (Wildman–Crippen LogP) is 6.20. The van der Waals surface area contributed by atoms with E-state index >= 15 is 0 Å². The highest BCUT2D eigenvalue weighted by Gasteiger charge is 2.13. The molecule has 2 aromatic rings. The molecular weight excluding hydrogens is 359 g/mol. The molecule has 132 valence electrons. The van der Waals surface area contributed by atoms with Gasteiger partial charge < -0.3 is 9.84 Å². The summed E-state index contributed by atoms with van der Waals surface area (Å²) in [7, 11) is 0. The number of hydrogen-bond acceptors (Lipinski definition) is 2. The number of halogens is 2. The van der Waals surface area contributed by atoms with Gasteiger partial charge >= 0.3 is 5.97 Å². The van der Waals surface area contributed by atoms with Crippen molar-refractivity contribution >= 4 is 34.7 Å². The monoisotopic (exact) mass is 378 g/mol. The summed E-state index contributed by atoms with van der Waals surface area (Å²) in [6.45, 7) is 2.42. The molecule has 0 bridgehead atoms. The first kappa shape index (κ1) is 19.4. The van der Waals surface area contributed by atoms with Crippen LogP contribution in [-0.4, -0.2) is 11.1 Å². The summed E-state index contributed by atoms with van der Waals surface area (Å²) >= 11 is 12.1. The normalized spacial score (nSPS) is 11.8. The third kappa shape index (κ3) is 5.80. The Kier molecular flexibility index (Phi) is 7.35. The zero-order valence-electron chi connectivity index (χ0n) is 14.0. The van der Waals surface area contributed by atoms with E-state index in [0.717, 1.165) is 22.5 Å². The summed E-state index contributed by atoms with van der Waals surface area (Å²) in [5, 5.41) is 9.96. The largest absolute Gasteiger partial charge is 0.493 e. The number of carbonyl (C=O) groups is 1. The van der Waals surface area contributed by atoms with Crippen molar-refractivity contribution in [1.29, 1.82) is 0 Å². The second kappa shape index (κ2) is 9.50. The molecule has 0 aliphatic heterocycles. The van der Waals surface area contributed by atoms with Crippen molar-refractivity contribution in [2.75, 3.05) is 0 Å². The maximum atomic E-state index is 11.0. The molecule has 5 heteroatoms. The van der Waals surface area contributed by atoms with Crippen molar-refractivity contribution in [3.63, 3.8) is 0 Å². The van der Waals surface area contributed by atoms with Gasteiger partial charge in [-0.25, -0.2) is 0 Å². The second-order valence-electron chi connectivity index (χ2n) is 5.55. The highest BCUT2D eigenvalue weighted by Crippen LogP contribution is 2.31. The number of carboxylic acid groups (broad SMARTS) is 1. The van der Waals surface area contributed by atoms with Crippen LogP contribution in [0.3, 0.4) is 0 Å². The van der Waals surface area contributed by atoms with Crippen molar-refractivity contribution in [3.05, 3.63) is 75.5 Å². The molecule has 25 heavy (non-hydrogen) atoms. The number of allylic oxidation sites excluding steroid dienone is 2. The van der Waals surface area contributed by atoms with Crippen molar-refractivity contribution < 1.29 is 14.6 Å². The van der Waals surface area contributed by atoms with Crippen LogP contribution in [0.4, 0.5) is 0 Å². The maximum Gasteiger partial charge on any atom is 0.303 e. The van der Waals surface area contributed by atoms with Gasteiger partial charge in [-0.2, -0.15) is 0 Å². The molecule has 1 N–H and O–H groups in total. The quantitative estimate of drug-likeness (QED) is 0.556. The van der Waals surface area contributed by atoms with E-state index in [1.165, 1.54) is 0 Å². The summed E-state index contributed by atoms with van der Waals surface area (Å²) in [5.74, 6) is -0.0837. The number of benzene rings is 2. The summed E-state index contributed by atoms with van der Waals surface area (Å²) in [6.07, 6.45) is 1.04. The van der Waals surface area contributed by atoms with Gasteiger partial charge in [-0.3, -0.25) is 4.79 Å². The first-order valence-corrected chi connectivity index (χ1v) is 8.82. The van der Waals surface area contributed by atoms with Crippen LogP contribution in [-0.2, 0) is 16.1 Å². The minimum atomic E-state index is -0.851. The fourth-order valence-electron chi connectivity index (χ4n) is 2.51. The standard InChI is InChI=1S/C20H20Cl2O3/c1-2-19(25-13-14-6-4-3-5-7-14)16(9-11-20(23)24)15-8-10-17(21)18(22)12-15/h3-8,10,12H,2,9,11,13H2,1H3,(H,23,24)/b19-16+. The van der Waals surface area contributed by atoms with Crippen LogP contribution >= 0.6 is 23.2 Å². The first-order chi connectivity index (χ1) is 12.0. The van der Waals surface area contributed by atoms with E-state index < -0.39 is 5.97 Å². The molecule has 0 heterocycles. The van der Waals surface area contributed by atoms with E-state index in [2.05, 4.69) is 0 Å². The molecule has 0 atom stereocenters. The molecule has 0 amide bonds. The molecule has 0 saturated heterocycles. The zero-order chi connectivity index (χ0) is 18.2. The molecule has 0 aliphatic carbocycles. The van der Waals surface area contributed by atoms with Gasteiger partial charge in [0.2, 0.25) is 0 Å². The number of carboxylic acids is 1. The summed E-state index contributed by atoms with van der Waals surface area (Å²) < 4.78 is 6.01. The number of hydrogen-bond donors (Lipinski definition) is 1. The van der Waals surface area contributed by atoms with Gasteiger partial charge in [0.15, 0.2) is 0 Å². The van der Waals surface area contributed by atoms with Gasteiger partial charge in [-0.15, -0.1) is 0 Å². The Balaban J connectivity index is 2.32. The predicted molar refractivity (Wildman–Crippen MR) is 102 cm³/mol. The lowest BCUT2D eigenvalue weighted by molar-refractivity contribution is -0.136. The lowest BCUT2D eigenvalue weighted by atomic mass is 9.98. The van der Waals surface area contributed by atoms with E-state index in [9.17, 15) is 4.79 Å². The first-order valence-electron chi connectivity index (χ1n) is 8.07. The molecule has 0 unspecified atom stereocenters. The van der Waals surface area contributed by atoms with Gasteiger partial charge in [0.25, 0.3) is 0 Å². The molecule has 0 aromatic heterocycles. The highest BCUT2D eigenvalue weighted by atomic mass is 35.5. The minimum absolute atomic E-state index is 0.0216. The fraction of sp³-hybridized carbons (Fsp3) is 0.250. The third-order valence-electron chi connectivity index (χ3n) is 3.77. The van der Waals surface area contributed by atoms with E-state index in [0.29, 0.717) is 29.5 Å². The maximum absolute atomic E-state index is 11.0. The number of ether oxygens (including phenoxy) is 1. The topological polar surface area (TPSA) is 46.5 Å². The minimum Gasteiger partial charge on any atom is -0.493 e. The molecule has 2 rings (SSSR count). The smallest absolute Gasteiger partial charge is 0.303 e. The molecule has 0 saturated carbocycles. The molecule has 0 fully saturated rings. The van der Waals surface area contributed by atoms with Gasteiger partial charge in [-0.1, -0.05) is 66.5 Å². The Morgan fingerprint density at radius 3 is 2.36 bits per heavy atom. The van der Waals surface area contributed by atoms with Crippen molar-refractivity contribution in [2.45, 2.75) is 32.8 Å². The highest BCUT2D eigenvalue weighted by molar-refractivity contribution is 6.42. The number of rotatable bonds is 8. The van der Waals surface area contributed by atoms with Crippen LogP contribution in [0.1, 0.15) is 37.3 Å². The van der Waals surface area contributed by atoms with Crippen molar-refractivity contribution in [3.8, 4) is 0 Å². The van der Waals surface area contributed by atoms with E-state index in [1.54, 1.807) is 12.1 Å². The Labute approximate surface area is 157 Å². The SMILES string of the molecule is CC/C(OCc1ccccc1)=C(/CCC(=O)O)c1ccc(Cl)c(Cl)c1. The van der Waals surface area contributed by atoms with Gasteiger partial charge in [0, 0.05) is 12.8 Å². The van der Waals surface area contributed by atoms with Crippen LogP contribution in [0, 0.1) is 0 Å². The Morgan fingerprint density at radius 2 is 1.76 bits per heavy atom. The van der Waals surface area contributed by atoms with Crippen LogP contribution in [0.5, 0.6) is 0 Å². The fourth-order valence-corrected chi connectivity index (χ4v) is 2.81. The van der Waals surface area contributed by atoms with Gasteiger partial charge in [0.05, 0.1) is 15.8 Å². The van der Waals surface area contributed by atoms with Crippen LogP contribution in [0.25, 0.3) is 5.57 Å².